The highest BCUT2D eigenvalue weighted by Gasteiger charge is 2.22. The van der Waals surface area contributed by atoms with Crippen LogP contribution in [0.2, 0.25) is 0 Å². The van der Waals surface area contributed by atoms with Gasteiger partial charge in [0.2, 0.25) is 0 Å². The molecule has 0 saturated carbocycles. The molecule has 0 atom stereocenters. The van der Waals surface area contributed by atoms with Crippen LogP contribution in [-0.4, -0.2) is 0 Å². The number of hydrogen-bond acceptors (Lipinski definition) is 1. The van der Waals surface area contributed by atoms with Crippen LogP contribution in [0.15, 0.2) is 170 Å². The molecule has 0 aliphatic rings. The van der Waals surface area contributed by atoms with Crippen LogP contribution in [0, 0.1) is 0 Å². The van der Waals surface area contributed by atoms with Gasteiger partial charge < -0.3 is 4.90 Å². The van der Waals surface area contributed by atoms with Gasteiger partial charge in [0, 0.05) is 22.5 Å². The maximum Gasteiger partial charge on any atom is 0.0618 e. The lowest BCUT2D eigenvalue weighted by Crippen LogP contribution is -2.18. The molecule has 0 bridgehead atoms. The predicted molar refractivity (Wildman–Crippen MR) is 184 cm³/mol. The van der Waals surface area contributed by atoms with Crippen molar-refractivity contribution in [2.24, 2.45) is 0 Å². The van der Waals surface area contributed by atoms with E-state index in [4.69, 9.17) is 0 Å². The van der Waals surface area contributed by atoms with Gasteiger partial charge in [-0.1, -0.05) is 146 Å². The standard InChI is InChI=1S/C41H37N/c1-5-16-37(8-4)42(38-29-27-35(28-30-38)33-19-13-10-14-20-33)41-39(31(6-2)7-3)21-15-22-40(41)36-25-23-34(24-26-36)32-17-11-9-12-18-32/h5-30H,2H2,1,3-4H3. The van der Waals surface area contributed by atoms with Gasteiger partial charge in [0.05, 0.1) is 5.69 Å². The Kier molecular flexibility index (Phi) is 9.11. The minimum Gasteiger partial charge on any atom is -0.310 e. The van der Waals surface area contributed by atoms with Gasteiger partial charge in [0.25, 0.3) is 0 Å². The van der Waals surface area contributed by atoms with E-state index in [0.717, 1.165) is 39.3 Å². The van der Waals surface area contributed by atoms with Crippen molar-refractivity contribution in [3.05, 3.63) is 176 Å². The summed E-state index contributed by atoms with van der Waals surface area (Å²) in [5.74, 6) is 0. The zero-order valence-electron chi connectivity index (χ0n) is 24.7. The van der Waals surface area contributed by atoms with E-state index in [2.05, 4.69) is 184 Å². The highest BCUT2D eigenvalue weighted by molar-refractivity contribution is 5.95. The molecular weight excluding hydrogens is 506 g/mol. The molecule has 0 aliphatic carbocycles. The van der Waals surface area contributed by atoms with Crippen molar-refractivity contribution >= 4 is 16.9 Å². The molecule has 206 valence electrons. The molecule has 5 aromatic rings. The van der Waals surface area contributed by atoms with Crippen molar-refractivity contribution in [2.45, 2.75) is 20.8 Å². The molecule has 42 heavy (non-hydrogen) atoms. The summed E-state index contributed by atoms with van der Waals surface area (Å²) in [6, 6.07) is 45.4. The van der Waals surface area contributed by atoms with Crippen molar-refractivity contribution in [2.75, 3.05) is 4.90 Å². The van der Waals surface area contributed by atoms with Crippen molar-refractivity contribution in [3.63, 3.8) is 0 Å². The maximum atomic E-state index is 4.16. The lowest BCUT2D eigenvalue weighted by molar-refractivity contribution is 1.19. The summed E-state index contributed by atoms with van der Waals surface area (Å²) in [5, 5.41) is 0. The third kappa shape index (κ3) is 5.96. The maximum absolute atomic E-state index is 4.16. The van der Waals surface area contributed by atoms with Crippen LogP contribution in [0.4, 0.5) is 11.4 Å². The first-order chi connectivity index (χ1) is 20.7. The highest BCUT2D eigenvalue weighted by Crippen LogP contribution is 2.44. The molecule has 1 heteroatoms. The Morgan fingerprint density at radius 3 is 1.57 bits per heavy atom. The van der Waals surface area contributed by atoms with E-state index in [-0.39, 0.29) is 0 Å². The summed E-state index contributed by atoms with van der Waals surface area (Å²) in [7, 11) is 0. The number of benzene rings is 5. The smallest absolute Gasteiger partial charge is 0.0618 e. The lowest BCUT2D eigenvalue weighted by atomic mass is 9.92. The Bertz CT molecular complexity index is 1720. The van der Waals surface area contributed by atoms with Crippen LogP contribution in [0.25, 0.3) is 39.0 Å². The number of rotatable bonds is 9. The van der Waals surface area contributed by atoms with Gasteiger partial charge in [-0.15, -0.1) is 0 Å². The van der Waals surface area contributed by atoms with Gasteiger partial charge in [-0.3, -0.25) is 0 Å². The summed E-state index contributed by atoms with van der Waals surface area (Å²) in [6.07, 6.45) is 10.5. The molecule has 0 spiro atoms. The predicted octanol–water partition coefficient (Wildman–Crippen LogP) is 11.9. The monoisotopic (exact) mass is 543 g/mol. The molecule has 0 fully saturated rings. The van der Waals surface area contributed by atoms with Crippen molar-refractivity contribution in [3.8, 4) is 33.4 Å². The fraction of sp³-hybridized carbons (Fsp3) is 0.0732. The van der Waals surface area contributed by atoms with Crippen LogP contribution in [0.1, 0.15) is 26.3 Å². The van der Waals surface area contributed by atoms with E-state index in [1.807, 2.05) is 6.08 Å². The number of anilines is 2. The molecule has 5 rings (SSSR count). The largest absolute Gasteiger partial charge is 0.310 e. The fourth-order valence-electron chi connectivity index (χ4n) is 5.42. The molecule has 0 radical (unpaired) electrons. The van der Waals surface area contributed by atoms with Crippen LogP contribution < -0.4 is 4.90 Å². The van der Waals surface area contributed by atoms with Gasteiger partial charge >= 0.3 is 0 Å². The molecule has 0 aromatic heterocycles. The molecule has 1 nitrogen and oxygen atoms in total. The van der Waals surface area contributed by atoms with E-state index in [9.17, 15) is 0 Å². The minimum absolute atomic E-state index is 1.09. The van der Waals surface area contributed by atoms with E-state index in [1.54, 1.807) is 0 Å². The second kappa shape index (κ2) is 13.5. The highest BCUT2D eigenvalue weighted by atomic mass is 15.2. The van der Waals surface area contributed by atoms with Gasteiger partial charge in [-0.2, -0.15) is 0 Å². The zero-order valence-corrected chi connectivity index (χ0v) is 24.7. The molecule has 0 heterocycles. The molecule has 0 aliphatic heterocycles. The van der Waals surface area contributed by atoms with Gasteiger partial charge in [-0.25, -0.2) is 0 Å². The molecular formula is C41H37N. The zero-order chi connectivity index (χ0) is 29.3. The number of nitrogens with zero attached hydrogens (tertiary/aromatic N) is 1. The molecule has 5 aromatic carbocycles. The fourth-order valence-corrected chi connectivity index (χ4v) is 5.42. The van der Waals surface area contributed by atoms with Crippen LogP contribution >= 0.6 is 0 Å². The Morgan fingerprint density at radius 2 is 1.07 bits per heavy atom. The molecule has 0 unspecified atom stereocenters. The van der Waals surface area contributed by atoms with E-state index < -0.39 is 0 Å². The summed E-state index contributed by atoms with van der Waals surface area (Å²) in [6.45, 7) is 10.4. The average Bonchev–Trinajstić information content (AvgIpc) is 3.06. The van der Waals surface area contributed by atoms with Crippen LogP contribution in [0.5, 0.6) is 0 Å². The Hall–Kier alpha value is -5.14. The van der Waals surface area contributed by atoms with E-state index >= 15 is 0 Å². The summed E-state index contributed by atoms with van der Waals surface area (Å²) < 4.78 is 0. The Labute approximate surface area is 251 Å². The number of para-hydroxylation sites is 1. The molecule has 0 saturated heterocycles. The Morgan fingerprint density at radius 1 is 0.548 bits per heavy atom. The normalized spacial score (nSPS) is 12.0. The third-order valence-electron chi connectivity index (χ3n) is 7.53. The minimum atomic E-state index is 1.09. The first-order valence-electron chi connectivity index (χ1n) is 14.5. The van der Waals surface area contributed by atoms with Gasteiger partial charge in [-0.05, 0) is 72.4 Å². The number of hydrogen-bond donors (Lipinski definition) is 0. The van der Waals surface area contributed by atoms with Crippen molar-refractivity contribution in [1.29, 1.82) is 0 Å². The SMILES string of the molecule is C=CC(=CC)c1cccc(-c2ccc(-c3ccccc3)cc2)c1N(C(C=CC)=CC)c1ccc(-c2ccccc2)cc1. The summed E-state index contributed by atoms with van der Waals surface area (Å²) >= 11 is 0. The molecule has 0 amide bonds. The quantitative estimate of drug-likeness (QED) is 0.167. The topological polar surface area (TPSA) is 3.24 Å². The van der Waals surface area contributed by atoms with Crippen LogP contribution in [0.3, 0.4) is 0 Å². The third-order valence-corrected chi connectivity index (χ3v) is 7.53. The lowest BCUT2D eigenvalue weighted by Gasteiger charge is -2.31. The summed E-state index contributed by atoms with van der Waals surface area (Å²) in [4.78, 5) is 2.37. The van der Waals surface area contributed by atoms with E-state index in [0.29, 0.717) is 0 Å². The van der Waals surface area contributed by atoms with Crippen LogP contribution in [-0.2, 0) is 0 Å². The Balaban J connectivity index is 1.72. The van der Waals surface area contributed by atoms with E-state index in [1.165, 1.54) is 22.3 Å². The second-order valence-electron chi connectivity index (χ2n) is 10.1. The van der Waals surface area contributed by atoms with Gasteiger partial charge in [0.1, 0.15) is 0 Å². The molecule has 0 N–H and O–H groups in total. The van der Waals surface area contributed by atoms with Crippen molar-refractivity contribution in [1.82, 2.24) is 0 Å². The first-order valence-corrected chi connectivity index (χ1v) is 14.5. The van der Waals surface area contributed by atoms with Gasteiger partial charge in [0.15, 0.2) is 0 Å². The second-order valence-corrected chi connectivity index (χ2v) is 10.1. The first kappa shape index (κ1) is 28.4. The average molecular weight is 544 g/mol. The van der Waals surface area contributed by atoms with Crippen molar-refractivity contribution < 1.29 is 0 Å². The number of allylic oxidation sites excluding steroid dienone is 6. The summed E-state index contributed by atoms with van der Waals surface area (Å²) in [5.41, 5.74) is 12.7.